The second-order valence-electron chi connectivity index (χ2n) is 8.24. The van der Waals surface area contributed by atoms with Crippen LogP contribution in [0, 0.1) is 23.2 Å². The van der Waals surface area contributed by atoms with Crippen LogP contribution in [0.1, 0.15) is 54.2 Å². The van der Waals surface area contributed by atoms with Gasteiger partial charge < -0.3 is 15.5 Å². The summed E-state index contributed by atoms with van der Waals surface area (Å²) in [4.78, 5) is 26.9. The molecule has 1 fully saturated rings. The minimum absolute atomic E-state index is 0.0320. The molecule has 1 saturated carbocycles. The SMILES string of the molecule is CNC(=O)c1ccc2c(c1)C(Nc1ccc(C#N)cc1)[C@@H](C)[C@H](C1CC1)N2C(C)=O. The molecule has 6 nitrogen and oxygen atoms in total. The molecule has 6 heteroatoms. The van der Waals surface area contributed by atoms with Crippen molar-refractivity contribution in [2.24, 2.45) is 11.8 Å². The van der Waals surface area contributed by atoms with Crippen molar-refractivity contribution in [2.75, 3.05) is 17.3 Å². The van der Waals surface area contributed by atoms with E-state index < -0.39 is 0 Å². The molecular formula is C24H26N4O2. The van der Waals surface area contributed by atoms with Crippen LogP contribution < -0.4 is 15.5 Å². The van der Waals surface area contributed by atoms with E-state index in [1.807, 2.05) is 29.2 Å². The number of nitriles is 1. The Morgan fingerprint density at radius 2 is 1.83 bits per heavy atom. The number of carbonyl (C=O) groups excluding carboxylic acids is 2. The van der Waals surface area contributed by atoms with Crippen LogP contribution >= 0.6 is 0 Å². The number of hydrogen-bond acceptors (Lipinski definition) is 4. The molecule has 30 heavy (non-hydrogen) atoms. The average Bonchev–Trinajstić information content (AvgIpc) is 3.59. The van der Waals surface area contributed by atoms with Crippen molar-refractivity contribution < 1.29 is 9.59 Å². The van der Waals surface area contributed by atoms with Gasteiger partial charge in [0, 0.05) is 42.9 Å². The van der Waals surface area contributed by atoms with Crippen molar-refractivity contribution in [2.45, 2.75) is 38.8 Å². The molecule has 1 aliphatic carbocycles. The van der Waals surface area contributed by atoms with Crippen molar-refractivity contribution in [1.29, 1.82) is 5.26 Å². The molecule has 4 rings (SSSR count). The number of nitrogens with one attached hydrogen (secondary N) is 2. The lowest BCUT2D eigenvalue weighted by molar-refractivity contribution is -0.117. The smallest absolute Gasteiger partial charge is 0.251 e. The van der Waals surface area contributed by atoms with Gasteiger partial charge in [-0.25, -0.2) is 0 Å². The van der Waals surface area contributed by atoms with Gasteiger partial charge in [0.05, 0.1) is 17.7 Å². The largest absolute Gasteiger partial charge is 0.378 e. The maximum atomic E-state index is 12.7. The van der Waals surface area contributed by atoms with Gasteiger partial charge in [0.1, 0.15) is 0 Å². The third-order valence-electron chi connectivity index (χ3n) is 6.25. The van der Waals surface area contributed by atoms with E-state index in [4.69, 9.17) is 5.26 Å². The number of carbonyl (C=O) groups is 2. The van der Waals surface area contributed by atoms with E-state index in [2.05, 4.69) is 23.6 Å². The maximum absolute atomic E-state index is 12.7. The molecule has 2 aliphatic rings. The fourth-order valence-electron chi connectivity index (χ4n) is 4.67. The molecular weight excluding hydrogens is 376 g/mol. The van der Waals surface area contributed by atoms with E-state index in [1.165, 1.54) is 0 Å². The summed E-state index contributed by atoms with van der Waals surface area (Å²) < 4.78 is 0. The topological polar surface area (TPSA) is 85.2 Å². The summed E-state index contributed by atoms with van der Waals surface area (Å²) in [5, 5.41) is 15.4. The summed E-state index contributed by atoms with van der Waals surface area (Å²) in [6.07, 6.45) is 2.27. The lowest BCUT2D eigenvalue weighted by atomic mass is 9.79. The first-order valence-electron chi connectivity index (χ1n) is 10.4. The Kier molecular flexibility index (Phi) is 5.21. The lowest BCUT2D eigenvalue weighted by Crippen LogP contribution is -2.51. The first-order valence-corrected chi connectivity index (χ1v) is 10.4. The summed E-state index contributed by atoms with van der Waals surface area (Å²) in [6, 6.07) is 15.2. The van der Waals surface area contributed by atoms with Crippen LogP contribution in [-0.4, -0.2) is 24.9 Å². The highest BCUT2D eigenvalue weighted by Gasteiger charge is 2.47. The second-order valence-corrected chi connectivity index (χ2v) is 8.24. The number of hydrogen-bond donors (Lipinski definition) is 2. The monoisotopic (exact) mass is 402 g/mol. The molecule has 0 spiro atoms. The summed E-state index contributed by atoms with van der Waals surface area (Å²) in [7, 11) is 1.61. The van der Waals surface area contributed by atoms with Crippen molar-refractivity contribution in [3.05, 3.63) is 59.2 Å². The minimum Gasteiger partial charge on any atom is -0.378 e. The van der Waals surface area contributed by atoms with Gasteiger partial charge in [-0.15, -0.1) is 0 Å². The Morgan fingerprint density at radius 3 is 2.40 bits per heavy atom. The average molecular weight is 402 g/mol. The van der Waals surface area contributed by atoms with Gasteiger partial charge in [0.25, 0.3) is 5.91 Å². The van der Waals surface area contributed by atoms with Gasteiger partial charge >= 0.3 is 0 Å². The zero-order valence-corrected chi connectivity index (χ0v) is 17.5. The fourth-order valence-corrected chi connectivity index (χ4v) is 4.67. The van der Waals surface area contributed by atoms with E-state index in [9.17, 15) is 9.59 Å². The summed E-state index contributed by atoms with van der Waals surface area (Å²) in [6.45, 7) is 3.79. The van der Waals surface area contributed by atoms with Gasteiger partial charge in [0.15, 0.2) is 0 Å². The highest BCUT2D eigenvalue weighted by molar-refractivity contribution is 5.98. The summed E-state index contributed by atoms with van der Waals surface area (Å²) in [5.74, 6) is 0.538. The Labute approximate surface area is 176 Å². The van der Waals surface area contributed by atoms with Crippen LogP contribution in [0.15, 0.2) is 42.5 Å². The standard InChI is InChI=1S/C24H26N4O2/c1-14-22(27-19-9-4-16(13-25)5-10-19)20-12-18(24(30)26-3)8-11-21(20)28(15(2)29)23(14)17-6-7-17/h4-5,8-12,14,17,22-23,27H,6-7H2,1-3H3,(H,26,30)/t14-,22?,23-/m1/s1. The molecule has 1 aliphatic heterocycles. The lowest BCUT2D eigenvalue weighted by Gasteiger charge is -2.46. The van der Waals surface area contributed by atoms with Crippen molar-refractivity contribution in [3.8, 4) is 6.07 Å². The highest BCUT2D eigenvalue weighted by atomic mass is 16.2. The first-order chi connectivity index (χ1) is 14.4. The molecule has 2 N–H and O–H groups in total. The van der Waals surface area contributed by atoms with Gasteiger partial charge in [0.2, 0.25) is 5.91 Å². The molecule has 3 atom stereocenters. The first kappa shape index (κ1) is 20.0. The van der Waals surface area contributed by atoms with E-state index >= 15 is 0 Å². The highest BCUT2D eigenvalue weighted by Crippen LogP contribution is 2.50. The van der Waals surface area contributed by atoms with Gasteiger partial charge in [-0.2, -0.15) is 5.26 Å². The van der Waals surface area contributed by atoms with Crippen LogP contribution in [0.5, 0.6) is 0 Å². The Bertz CT molecular complexity index is 1020. The van der Waals surface area contributed by atoms with Crippen LogP contribution in [-0.2, 0) is 4.79 Å². The number of amides is 2. The number of anilines is 2. The van der Waals surface area contributed by atoms with Crippen LogP contribution in [0.2, 0.25) is 0 Å². The molecule has 0 bridgehead atoms. The summed E-state index contributed by atoms with van der Waals surface area (Å²) >= 11 is 0. The van der Waals surface area contributed by atoms with E-state index in [1.54, 1.807) is 32.2 Å². The zero-order chi connectivity index (χ0) is 21.4. The minimum atomic E-state index is -0.152. The Hall–Kier alpha value is -3.33. The molecule has 2 amide bonds. The normalized spacial score (nSPS) is 22.6. The second kappa shape index (κ2) is 7.83. The number of nitrogens with zero attached hydrogens (tertiary/aromatic N) is 2. The Balaban J connectivity index is 1.80. The number of rotatable bonds is 4. The van der Waals surface area contributed by atoms with Gasteiger partial charge in [-0.1, -0.05) is 6.92 Å². The third kappa shape index (κ3) is 3.52. The number of fused-ring (bicyclic) bond motifs is 1. The van der Waals surface area contributed by atoms with Crippen molar-refractivity contribution in [1.82, 2.24) is 5.32 Å². The van der Waals surface area contributed by atoms with E-state index in [0.717, 1.165) is 29.8 Å². The molecule has 0 aromatic heterocycles. The molecule has 154 valence electrons. The maximum Gasteiger partial charge on any atom is 0.251 e. The Morgan fingerprint density at radius 1 is 1.13 bits per heavy atom. The van der Waals surface area contributed by atoms with Crippen LogP contribution in [0.3, 0.4) is 0 Å². The zero-order valence-electron chi connectivity index (χ0n) is 17.5. The van der Waals surface area contributed by atoms with Gasteiger partial charge in [-0.05, 0) is 66.8 Å². The molecule has 1 heterocycles. The van der Waals surface area contributed by atoms with Crippen molar-refractivity contribution >= 4 is 23.2 Å². The molecule has 0 saturated heterocycles. The molecule has 0 radical (unpaired) electrons. The predicted molar refractivity (Wildman–Crippen MR) is 116 cm³/mol. The molecule has 2 aromatic carbocycles. The fraction of sp³-hybridized carbons (Fsp3) is 0.375. The number of benzene rings is 2. The molecule has 1 unspecified atom stereocenters. The van der Waals surface area contributed by atoms with E-state index in [0.29, 0.717) is 17.0 Å². The summed E-state index contributed by atoms with van der Waals surface area (Å²) in [5.41, 5.74) is 3.91. The van der Waals surface area contributed by atoms with E-state index in [-0.39, 0.29) is 29.8 Å². The molecule has 2 aromatic rings. The van der Waals surface area contributed by atoms with Crippen LogP contribution in [0.4, 0.5) is 11.4 Å². The quantitative estimate of drug-likeness (QED) is 0.813. The predicted octanol–water partition coefficient (Wildman–Crippen LogP) is 3.85. The van der Waals surface area contributed by atoms with Crippen LogP contribution in [0.25, 0.3) is 0 Å². The van der Waals surface area contributed by atoms with Crippen molar-refractivity contribution in [3.63, 3.8) is 0 Å². The third-order valence-corrected chi connectivity index (χ3v) is 6.25. The van der Waals surface area contributed by atoms with Gasteiger partial charge in [-0.3, -0.25) is 9.59 Å².